The predicted molar refractivity (Wildman–Crippen MR) is 64.3 cm³/mol. The maximum atomic E-state index is 13.2. The molecule has 0 bridgehead atoms. The molecule has 2 aromatic rings. The fraction of sp³-hybridized carbons (Fsp3) is 0.200. The van der Waals surface area contributed by atoms with Crippen LogP contribution in [0.5, 0.6) is 0 Å². The molecule has 0 aliphatic carbocycles. The first-order chi connectivity index (χ1) is 8.10. The van der Waals surface area contributed by atoms with Gasteiger partial charge < -0.3 is 15.5 Å². The normalized spacial score (nSPS) is 10.6. The van der Waals surface area contributed by atoms with E-state index in [1.807, 2.05) is 0 Å². The van der Waals surface area contributed by atoms with Crippen molar-refractivity contribution in [3.8, 4) is 0 Å². The number of aromatic nitrogens is 2. The Morgan fingerprint density at radius 1 is 1.47 bits per heavy atom. The first kappa shape index (κ1) is 12.0. The first-order valence-corrected chi connectivity index (χ1v) is 5.64. The van der Waals surface area contributed by atoms with Crippen LogP contribution in [-0.2, 0) is 6.54 Å². The molecule has 90 valence electrons. The quantitative estimate of drug-likeness (QED) is 0.910. The minimum atomic E-state index is -0.318. The molecule has 2 rings (SSSR count). The van der Waals surface area contributed by atoms with Crippen molar-refractivity contribution < 1.29 is 8.81 Å². The van der Waals surface area contributed by atoms with Crippen LogP contribution in [0.25, 0.3) is 0 Å². The molecule has 0 unspecified atom stereocenters. The van der Waals surface area contributed by atoms with Gasteiger partial charge in [0.25, 0.3) is 0 Å². The van der Waals surface area contributed by atoms with Gasteiger partial charge in [0, 0.05) is 5.69 Å². The molecule has 0 radical (unpaired) electrons. The lowest BCUT2D eigenvalue weighted by molar-refractivity contribution is 0.511. The number of nitrogens with one attached hydrogen (secondary N) is 1. The van der Waals surface area contributed by atoms with Crippen molar-refractivity contribution in [3.05, 3.63) is 33.9 Å². The molecule has 1 heterocycles. The molecule has 7 heteroatoms. The molecule has 0 aliphatic heterocycles. The lowest BCUT2D eigenvalue weighted by Gasteiger charge is -2.06. The first-order valence-electron chi connectivity index (χ1n) is 4.85. The van der Waals surface area contributed by atoms with Crippen molar-refractivity contribution >= 4 is 27.6 Å². The zero-order valence-corrected chi connectivity index (χ0v) is 10.6. The van der Waals surface area contributed by atoms with E-state index in [4.69, 9.17) is 10.2 Å². The van der Waals surface area contributed by atoms with Crippen LogP contribution < -0.4 is 11.1 Å². The number of nitrogens with two attached hydrogens (primary N) is 1. The van der Waals surface area contributed by atoms with Gasteiger partial charge in [-0.1, -0.05) is 5.10 Å². The van der Waals surface area contributed by atoms with E-state index in [9.17, 15) is 4.39 Å². The minimum Gasteiger partial charge on any atom is -0.406 e. The molecule has 3 N–H and O–H groups in total. The Bertz CT molecular complexity index is 543. The summed E-state index contributed by atoms with van der Waals surface area (Å²) in [5.41, 5.74) is 6.77. The van der Waals surface area contributed by atoms with E-state index < -0.39 is 0 Å². The van der Waals surface area contributed by atoms with E-state index in [0.717, 1.165) is 5.56 Å². The topological polar surface area (TPSA) is 77.0 Å². The Balaban J connectivity index is 2.26. The van der Waals surface area contributed by atoms with Crippen LogP contribution in [0.2, 0.25) is 0 Å². The Kier molecular flexibility index (Phi) is 3.39. The Morgan fingerprint density at radius 3 is 2.88 bits per heavy atom. The number of nitrogens with zero attached hydrogens (tertiary/aromatic N) is 2. The average molecular weight is 301 g/mol. The van der Waals surface area contributed by atoms with Gasteiger partial charge in [-0.15, -0.1) is 5.10 Å². The van der Waals surface area contributed by atoms with Crippen LogP contribution in [-0.4, -0.2) is 10.2 Å². The second-order valence-corrected chi connectivity index (χ2v) is 4.27. The average Bonchev–Trinajstić information content (AvgIpc) is 2.73. The van der Waals surface area contributed by atoms with E-state index in [2.05, 4.69) is 31.4 Å². The summed E-state index contributed by atoms with van der Waals surface area (Å²) in [4.78, 5) is 0. The lowest BCUT2D eigenvalue weighted by Crippen LogP contribution is -1.95. The second kappa shape index (κ2) is 4.80. The number of benzene rings is 1. The van der Waals surface area contributed by atoms with Crippen molar-refractivity contribution in [1.29, 1.82) is 0 Å². The molecule has 0 saturated carbocycles. The van der Waals surface area contributed by atoms with Gasteiger partial charge in [-0.25, -0.2) is 4.39 Å². The molecule has 0 fully saturated rings. The monoisotopic (exact) mass is 300 g/mol. The molecule has 1 aromatic carbocycles. The standard InChI is InChI=1S/C10H10BrFN4O/c1-5-2-7(12)6(11)3-8(5)14-10-16-15-9(4-13)17-10/h2-3H,4,13H2,1H3,(H,14,16). The zero-order valence-electron chi connectivity index (χ0n) is 9.00. The molecule has 0 amide bonds. The van der Waals surface area contributed by atoms with Gasteiger partial charge in [0.1, 0.15) is 5.82 Å². The van der Waals surface area contributed by atoms with E-state index in [0.29, 0.717) is 16.1 Å². The van der Waals surface area contributed by atoms with Crippen LogP contribution in [0.1, 0.15) is 11.5 Å². The lowest BCUT2D eigenvalue weighted by atomic mass is 10.2. The van der Waals surface area contributed by atoms with Gasteiger partial charge in [0.2, 0.25) is 5.89 Å². The summed E-state index contributed by atoms with van der Waals surface area (Å²) in [6.45, 7) is 1.96. The summed E-state index contributed by atoms with van der Waals surface area (Å²) < 4.78 is 18.8. The highest BCUT2D eigenvalue weighted by molar-refractivity contribution is 9.10. The summed E-state index contributed by atoms with van der Waals surface area (Å²) in [5.74, 6) is 0.0209. The van der Waals surface area contributed by atoms with Crippen LogP contribution in [0, 0.1) is 12.7 Å². The highest BCUT2D eigenvalue weighted by atomic mass is 79.9. The summed E-state index contributed by atoms with van der Waals surface area (Å²) in [7, 11) is 0. The minimum absolute atomic E-state index is 0.181. The van der Waals surface area contributed by atoms with Gasteiger partial charge in [0.15, 0.2) is 0 Å². The van der Waals surface area contributed by atoms with Crippen molar-refractivity contribution in [1.82, 2.24) is 10.2 Å². The number of anilines is 2. The Morgan fingerprint density at radius 2 is 2.24 bits per heavy atom. The van der Waals surface area contributed by atoms with Gasteiger partial charge in [-0.3, -0.25) is 0 Å². The highest BCUT2D eigenvalue weighted by Gasteiger charge is 2.09. The van der Waals surface area contributed by atoms with Gasteiger partial charge in [0.05, 0.1) is 11.0 Å². The molecular weight excluding hydrogens is 291 g/mol. The van der Waals surface area contributed by atoms with Crippen molar-refractivity contribution in [2.45, 2.75) is 13.5 Å². The summed E-state index contributed by atoms with van der Waals surface area (Å²) in [6, 6.07) is 3.25. The van der Waals surface area contributed by atoms with Gasteiger partial charge >= 0.3 is 6.01 Å². The van der Waals surface area contributed by atoms with Crippen LogP contribution in [0.4, 0.5) is 16.1 Å². The van der Waals surface area contributed by atoms with E-state index >= 15 is 0 Å². The summed E-state index contributed by atoms with van der Waals surface area (Å²) in [5, 5.41) is 10.4. The number of hydrogen-bond donors (Lipinski definition) is 2. The van der Waals surface area contributed by atoms with Crippen molar-refractivity contribution in [3.63, 3.8) is 0 Å². The van der Waals surface area contributed by atoms with E-state index in [1.165, 1.54) is 6.07 Å². The number of halogens is 2. The fourth-order valence-electron chi connectivity index (χ4n) is 1.28. The van der Waals surface area contributed by atoms with E-state index in [1.54, 1.807) is 13.0 Å². The third-order valence-electron chi connectivity index (χ3n) is 2.15. The molecule has 5 nitrogen and oxygen atoms in total. The Hall–Kier alpha value is -1.47. The van der Waals surface area contributed by atoms with Crippen LogP contribution in [0.3, 0.4) is 0 Å². The van der Waals surface area contributed by atoms with Crippen LogP contribution >= 0.6 is 15.9 Å². The van der Waals surface area contributed by atoms with Gasteiger partial charge in [-0.05, 0) is 40.5 Å². The predicted octanol–water partition coefficient (Wildman–Crippen LogP) is 2.48. The maximum absolute atomic E-state index is 13.2. The smallest absolute Gasteiger partial charge is 0.320 e. The molecule has 0 spiro atoms. The molecule has 1 aromatic heterocycles. The maximum Gasteiger partial charge on any atom is 0.320 e. The number of hydrogen-bond acceptors (Lipinski definition) is 5. The molecule has 0 aliphatic rings. The van der Waals surface area contributed by atoms with Crippen molar-refractivity contribution in [2.24, 2.45) is 5.73 Å². The second-order valence-electron chi connectivity index (χ2n) is 3.41. The SMILES string of the molecule is Cc1cc(F)c(Br)cc1Nc1nnc(CN)o1. The molecular formula is C10H10BrFN4O. The van der Waals surface area contributed by atoms with Crippen LogP contribution in [0.15, 0.2) is 21.0 Å². The summed E-state index contributed by atoms with van der Waals surface area (Å²) in [6.07, 6.45) is 0. The third kappa shape index (κ3) is 2.62. The van der Waals surface area contributed by atoms with E-state index in [-0.39, 0.29) is 18.4 Å². The third-order valence-corrected chi connectivity index (χ3v) is 2.76. The molecule has 0 atom stereocenters. The molecule has 17 heavy (non-hydrogen) atoms. The van der Waals surface area contributed by atoms with Gasteiger partial charge in [-0.2, -0.15) is 0 Å². The number of aryl methyl sites for hydroxylation is 1. The summed E-state index contributed by atoms with van der Waals surface area (Å²) >= 11 is 3.11. The number of rotatable bonds is 3. The van der Waals surface area contributed by atoms with Crippen molar-refractivity contribution in [2.75, 3.05) is 5.32 Å². The Labute approximate surface area is 105 Å². The fourth-order valence-corrected chi connectivity index (χ4v) is 1.63. The molecule has 0 saturated heterocycles. The highest BCUT2D eigenvalue weighted by Crippen LogP contribution is 2.26. The largest absolute Gasteiger partial charge is 0.406 e. The zero-order chi connectivity index (χ0) is 12.4.